The van der Waals surface area contributed by atoms with Gasteiger partial charge in [0.25, 0.3) is 5.56 Å². The van der Waals surface area contributed by atoms with E-state index in [4.69, 9.17) is 5.73 Å². The predicted octanol–water partition coefficient (Wildman–Crippen LogP) is 2.12. The van der Waals surface area contributed by atoms with Crippen LogP contribution in [-0.2, 0) is 22.4 Å². The number of alkyl halides is 3. The Labute approximate surface area is 140 Å². The van der Waals surface area contributed by atoms with Crippen LogP contribution in [0.5, 0.6) is 0 Å². The van der Waals surface area contributed by atoms with Crippen molar-refractivity contribution in [2.24, 2.45) is 10.9 Å². The molecule has 2 rings (SSSR count). The highest BCUT2D eigenvalue weighted by atomic mass is 19.4. The summed E-state index contributed by atoms with van der Waals surface area (Å²) in [7, 11) is 0. The van der Waals surface area contributed by atoms with Crippen LogP contribution < -0.4 is 11.3 Å². The monoisotopic (exact) mass is 353 g/mol. The molecule has 0 fully saturated rings. The van der Waals surface area contributed by atoms with Crippen molar-refractivity contribution in [3.8, 4) is 0 Å². The lowest BCUT2D eigenvalue weighted by molar-refractivity contribution is -0.143. The van der Waals surface area contributed by atoms with Crippen LogP contribution in [0.1, 0.15) is 17.5 Å². The average molecular weight is 353 g/mol. The fourth-order valence-electron chi connectivity index (χ4n) is 1.95. The molecular formula is C16H14F3N3O3. The first-order valence-electron chi connectivity index (χ1n) is 7.14. The van der Waals surface area contributed by atoms with Gasteiger partial charge in [-0.3, -0.25) is 4.79 Å². The molecule has 6 nitrogen and oxygen atoms in total. The minimum absolute atomic E-state index is 0.0230. The lowest BCUT2D eigenvalue weighted by Gasteiger charge is -2.09. The third-order valence-corrected chi connectivity index (χ3v) is 3.20. The molecule has 0 amide bonds. The van der Waals surface area contributed by atoms with Crippen LogP contribution >= 0.6 is 0 Å². The number of aryl methyl sites for hydroxylation is 1. The maximum atomic E-state index is 12.7. The Hall–Kier alpha value is -3.10. The van der Waals surface area contributed by atoms with Gasteiger partial charge in [-0.1, -0.05) is 35.5 Å². The van der Waals surface area contributed by atoms with Crippen molar-refractivity contribution in [2.45, 2.75) is 19.1 Å². The van der Waals surface area contributed by atoms with E-state index in [9.17, 15) is 22.8 Å². The summed E-state index contributed by atoms with van der Waals surface area (Å²) in [6.07, 6.45) is -3.94. The number of pyridine rings is 1. The molecule has 1 aromatic heterocycles. The maximum Gasteiger partial charge on any atom is 0.421 e. The highest BCUT2D eigenvalue weighted by molar-refractivity contribution is 5.97. The molecule has 0 aliphatic rings. The highest BCUT2D eigenvalue weighted by Crippen LogP contribution is 2.25. The fraction of sp³-hybridized carbons (Fsp3) is 0.188. The first-order valence-corrected chi connectivity index (χ1v) is 7.14. The smallest absolute Gasteiger partial charge is 0.380 e. The van der Waals surface area contributed by atoms with E-state index in [2.05, 4.69) is 9.99 Å². The van der Waals surface area contributed by atoms with Gasteiger partial charge >= 0.3 is 12.1 Å². The van der Waals surface area contributed by atoms with Gasteiger partial charge in [-0.2, -0.15) is 13.2 Å². The summed E-state index contributed by atoms with van der Waals surface area (Å²) in [6.45, 7) is -0.275. The normalized spacial score (nSPS) is 12.0. The van der Waals surface area contributed by atoms with Crippen molar-refractivity contribution in [1.82, 2.24) is 4.57 Å². The zero-order chi connectivity index (χ0) is 18.4. The van der Waals surface area contributed by atoms with Crippen molar-refractivity contribution in [3.05, 3.63) is 70.1 Å². The molecule has 0 aliphatic heterocycles. The number of amidine groups is 1. The lowest BCUT2D eigenvalue weighted by Crippen LogP contribution is -2.28. The van der Waals surface area contributed by atoms with E-state index < -0.39 is 23.3 Å². The number of hydrogen-bond donors (Lipinski definition) is 1. The number of oxime groups is 1. The Balaban J connectivity index is 1.98. The molecule has 2 N–H and O–H groups in total. The predicted molar refractivity (Wildman–Crippen MR) is 83.6 cm³/mol. The number of rotatable bonds is 5. The van der Waals surface area contributed by atoms with Gasteiger partial charge < -0.3 is 15.1 Å². The third kappa shape index (κ3) is 4.93. The average Bonchev–Trinajstić information content (AvgIpc) is 2.58. The number of benzene rings is 1. The summed E-state index contributed by atoms with van der Waals surface area (Å²) >= 11 is 0. The molecule has 0 radical (unpaired) electrons. The Morgan fingerprint density at radius 2 is 1.84 bits per heavy atom. The van der Waals surface area contributed by atoms with Crippen LogP contribution in [0, 0.1) is 0 Å². The number of carbonyl (C=O) groups is 1. The van der Waals surface area contributed by atoms with Crippen LogP contribution in [0.2, 0.25) is 0 Å². The fourth-order valence-corrected chi connectivity index (χ4v) is 1.95. The van der Waals surface area contributed by atoms with Crippen molar-refractivity contribution in [2.75, 3.05) is 0 Å². The number of halogens is 3. The Morgan fingerprint density at radius 1 is 1.16 bits per heavy atom. The first kappa shape index (κ1) is 18.2. The topological polar surface area (TPSA) is 86.7 Å². The first-order chi connectivity index (χ1) is 11.8. The molecule has 25 heavy (non-hydrogen) atoms. The second-order valence-corrected chi connectivity index (χ2v) is 4.97. The maximum absolute atomic E-state index is 12.7. The zero-order valence-electron chi connectivity index (χ0n) is 12.9. The summed E-state index contributed by atoms with van der Waals surface area (Å²) in [6, 6.07) is 10.3. The number of nitrogens with two attached hydrogens (primary N) is 1. The SMILES string of the molecule is NC(=NOC(=O)CCn1cccc(C(F)(F)F)c1=O)c1ccccc1. The number of nitrogens with zero attached hydrogens (tertiary/aromatic N) is 2. The number of aromatic nitrogens is 1. The van der Waals surface area contributed by atoms with Crippen LogP contribution in [0.25, 0.3) is 0 Å². The van der Waals surface area contributed by atoms with E-state index in [0.717, 1.165) is 16.8 Å². The van der Waals surface area contributed by atoms with Crippen molar-refractivity contribution in [3.63, 3.8) is 0 Å². The van der Waals surface area contributed by atoms with E-state index in [-0.39, 0.29) is 18.8 Å². The quantitative estimate of drug-likeness (QED) is 0.386. The van der Waals surface area contributed by atoms with Gasteiger partial charge in [0.15, 0.2) is 5.84 Å². The number of hydrogen-bond acceptors (Lipinski definition) is 4. The third-order valence-electron chi connectivity index (χ3n) is 3.20. The lowest BCUT2D eigenvalue weighted by atomic mass is 10.2. The summed E-state index contributed by atoms with van der Waals surface area (Å²) in [4.78, 5) is 27.9. The van der Waals surface area contributed by atoms with E-state index >= 15 is 0 Å². The van der Waals surface area contributed by atoms with Crippen LogP contribution in [0.4, 0.5) is 13.2 Å². The van der Waals surface area contributed by atoms with E-state index in [1.165, 1.54) is 0 Å². The van der Waals surface area contributed by atoms with Crippen LogP contribution in [0.3, 0.4) is 0 Å². The Bertz CT molecular complexity index is 830. The van der Waals surface area contributed by atoms with E-state index in [0.29, 0.717) is 11.6 Å². The second kappa shape index (κ2) is 7.65. The standard InChI is InChI=1S/C16H14F3N3O3/c17-16(18,19)12-7-4-9-22(15(12)24)10-8-13(23)25-21-14(20)11-5-2-1-3-6-11/h1-7,9H,8,10H2,(H2,20,21). The number of carbonyl (C=O) groups excluding carboxylic acids is 1. The van der Waals surface area contributed by atoms with Crippen LogP contribution in [0.15, 0.2) is 58.6 Å². The van der Waals surface area contributed by atoms with Crippen molar-refractivity contribution in [1.29, 1.82) is 0 Å². The summed E-state index contributed by atoms with van der Waals surface area (Å²) < 4.78 is 38.8. The van der Waals surface area contributed by atoms with E-state index in [1.807, 2.05) is 0 Å². The molecule has 2 aromatic rings. The Morgan fingerprint density at radius 3 is 2.48 bits per heavy atom. The molecule has 0 saturated heterocycles. The van der Waals surface area contributed by atoms with E-state index in [1.54, 1.807) is 30.3 Å². The molecular weight excluding hydrogens is 339 g/mol. The van der Waals surface area contributed by atoms with Gasteiger partial charge in [0.05, 0.1) is 6.42 Å². The minimum Gasteiger partial charge on any atom is -0.380 e. The molecule has 0 spiro atoms. The van der Waals surface area contributed by atoms with Gasteiger partial charge in [-0.05, 0) is 12.1 Å². The minimum atomic E-state index is -4.75. The van der Waals surface area contributed by atoms with Gasteiger partial charge in [-0.15, -0.1) is 0 Å². The second-order valence-electron chi connectivity index (χ2n) is 4.97. The van der Waals surface area contributed by atoms with Gasteiger partial charge in [0.2, 0.25) is 0 Å². The van der Waals surface area contributed by atoms with Crippen molar-refractivity contribution < 1.29 is 22.8 Å². The summed E-state index contributed by atoms with van der Waals surface area (Å²) in [5.41, 5.74) is 3.66. The Kier molecular flexibility index (Phi) is 5.58. The summed E-state index contributed by atoms with van der Waals surface area (Å²) in [5, 5.41) is 3.46. The molecule has 0 aliphatic carbocycles. The van der Waals surface area contributed by atoms with Gasteiger partial charge in [-0.25, -0.2) is 4.79 Å². The molecule has 0 saturated carbocycles. The molecule has 1 aromatic carbocycles. The molecule has 1 heterocycles. The van der Waals surface area contributed by atoms with Gasteiger partial charge in [0, 0.05) is 18.3 Å². The van der Waals surface area contributed by atoms with Gasteiger partial charge in [0.1, 0.15) is 5.56 Å². The molecule has 9 heteroatoms. The van der Waals surface area contributed by atoms with Crippen molar-refractivity contribution >= 4 is 11.8 Å². The zero-order valence-corrected chi connectivity index (χ0v) is 12.9. The van der Waals surface area contributed by atoms with Crippen LogP contribution in [-0.4, -0.2) is 16.4 Å². The molecule has 0 atom stereocenters. The summed E-state index contributed by atoms with van der Waals surface area (Å²) in [5.74, 6) is -0.853. The highest BCUT2D eigenvalue weighted by Gasteiger charge is 2.34. The molecule has 0 unspecified atom stereocenters. The molecule has 132 valence electrons. The largest absolute Gasteiger partial charge is 0.421 e. The molecule has 0 bridgehead atoms.